The van der Waals surface area contributed by atoms with Gasteiger partial charge in [0.1, 0.15) is 17.8 Å². The van der Waals surface area contributed by atoms with Crippen LogP contribution >= 0.6 is 11.3 Å². The first-order valence-corrected chi connectivity index (χ1v) is 6.47. The molecule has 0 amide bonds. The van der Waals surface area contributed by atoms with E-state index in [-0.39, 0.29) is 5.75 Å². The predicted molar refractivity (Wildman–Crippen MR) is 75.4 cm³/mol. The Hall–Kier alpha value is -2.34. The molecule has 96 valence electrons. The number of rotatable bonds is 3. The van der Waals surface area contributed by atoms with Crippen molar-refractivity contribution >= 4 is 33.1 Å². The molecule has 2 aromatic heterocycles. The Kier molecular flexibility index (Phi) is 2.92. The molecule has 0 aliphatic rings. The van der Waals surface area contributed by atoms with Gasteiger partial charge in [0.25, 0.3) is 0 Å². The molecule has 2 heterocycles. The van der Waals surface area contributed by atoms with E-state index in [0.29, 0.717) is 17.3 Å². The van der Waals surface area contributed by atoms with Crippen LogP contribution in [0.15, 0.2) is 36.0 Å². The van der Waals surface area contributed by atoms with E-state index in [9.17, 15) is 5.11 Å². The lowest BCUT2D eigenvalue weighted by atomic mass is 10.2. The number of aromatic hydroxyl groups is 1. The first kappa shape index (κ1) is 11.7. The second kappa shape index (κ2) is 4.74. The molecule has 2 N–H and O–H groups in total. The summed E-state index contributed by atoms with van der Waals surface area (Å²) in [5.41, 5.74) is 1.61. The zero-order chi connectivity index (χ0) is 13.2. The highest BCUT2D eigenvalue weighted by Gasteiger charge is 2.07. The van der Waals surface area contributed by atoms with Gasteiger partial charge >= 0.3 is 0 Å². The molecule has 0 bridgehead atoms. The van der Waals surface area contributed by atoms with Gasteiger partial charge in [-0.25, -0.2) is 9.97 Å². The number of methoxy groups -OCH3 is 1. The summed E-state index contributed by atoms with van der Waals surface area (Å²) in [7, 11) is 1.56. The molecule has 3 rings (SSSR count). The standard InChI is InChI=1S/C13H11N3O2S/c1-18-10-5-8(4-9(17)6-10)16-13-12-11(2-3-19-12)14-7-15-13/h2-7,17H,1H3,(H,14,15,16). The summed E-state index contributed by atoms with van der Waals surface area (Å²) in [5, 5.41) is 14.8. The second-order valence-electron chi connectivity index (χ2n) is 3.90. The Balaban J connectivity index is 2.01. The molecule has 0 aliphatic heterocycles. The van der Waals surface area contributed by atoms with Gasteiger partial charge < -0.3 is 15.2 Å². The van der Waals surface area contributed by atoms with E-state index in [1.54, 1.807) is 36.6 Å². The molecule has 0 saturated carbocycles. The van der Waals surface area contributed by atoms with E-state index in [1.807, 2.05) is 11.4 Å². The third-order valence-electron chi connectivity index (χ3n) is 2.63. The van der Waals surface area contributed by atoms with Gasteiger partial charge in [-0.1, -0.05) is 0 Å². The van der Waals surface area contributed by atoms with Crippen LogP contribution in [-0.4, -0.2) is 22.2 Å². The number of nitrogens with one attached hydrogen (secondary N) is 1. The van der Waals surface area contributed by atoms with Gasteiger partial charge in [0.05, 0.1) is 17.3 Å². The molecule has 3 aromatic rings. The number of phenols is 1. The molecule has 0 unspecified atom stereocenters. The highest BCUT2D eigenvalue weighted by Crippen LogP contribution is 2.30. The van der Waals surface area contributed by atoms with Crippen molar-refractivity contribution in [2.24, 2.45) is 0 Å². The van der Waals surface area contributed by atoms with E-state index >= 15 is 0 Å². The van der Waals surface area contributed by atoms with Gasteiger partial charge in [0, 0.05) is 23.9 Å². The number of aromatic nitrogens is 2. The number of benzene rings is 1. The lowest BCUT2D eigenvalue weighted by Crippen LogP contribution is -1.95. The van der Waals surface area contributed by atoms with Crippen molar-refractivity contribution in [1.82, 2.24) is 9.97 Å². The van der Waals surface area contributed by atoms with Crippen molar-refractivity contribution in [2.75, 3.05) is 12.4 Å². The largest absolute Gasteiger partial charge is 0.508 e. The van der Waals surface area contributed by atoms with Crippen molar-refractivity contribution < 1.29 is 9.84 Å². The van der Waals surface area contributed by atoms with Crippen LogP contribution in [0.25, 0.3) is 10.2 Å². The fraction of sp³-hybridized carbons (Fsp3) is 0.0769. The Morgan fingerprint density at radius 3 is 3.00 bits per heavy atom. The summed E-state index contributed by atoms with van der Waals surface area (Å²) < 4.78 is 6.09. The maximum Gasteiger partial charge on any atom is 0.151 e. The van der Waals surface area contributed by atoms with Crippen molar-refractivity contribution in [2.45, 2.75) is 0 Å². The Bertz CT molecular complexity index is 727. The molecule has 1 aromatic carbocycles. The fourth-order valence-corrected chi connectivity index (χ4v) is 2.58. The van der Waals surface area contributed by atoms with Crippen molar-refractivity contribution in [3.05, 3.63) is 36.0 Å². The molecule has 0 fully saturated rings. The first-order chi connectivity index (χ1) is 9.26. The third-order valence-corrected chi connectivity index (χ3v) is 3.54. The van der Waals surface area contributed by atoms with Crippen molar-refractivity contribution in [3.8, 4) is 11.5 Å². The average molecular weight is 273 g/mol. The van der Waals surface area contributed by atoms with Crippen molar-refractivity contribution in [1.29, 1.82) is 0 Å². The van der Waals surface area contributed by atoms with Crippen LogP contribution in [0.5, 0.6) is 11.5 Å². The van der Waals surface area contributed by atoms with E-state index in [4.69, 9.17) is 4.74 Å². The summed E-state index contributed by atoms with van der Waals surface area (Å²) in [6, 6.07) is 6.90. The Labute approximate surface area is 113 Å². The van der Waals surface area contributed by atoms with E-state index in [2.05, 4.69) is 15.3 Å². The summed E-state index contributed by atoms with van der Waals surface area (Å²) in [6.45, 7) is 0. The molecule has 0 atom stereocenters. The molecule has 19 heavy (non-hydrogen) atoms. The van der Waals surface area contributed by atoms with Gasteiger partial charge in [-0.05, 0) is 11.4 Å². The zero-order valence-electron chi connectivity index (χ0n) is 10.1. The van der Waals surface area contributed by atoms with Crippen LogP contribution in [0.4, 0.5) is 11.5 Å². The van der Waals surface area contributed by atoms with Gasteiger partial charge in [0.2, 0.25) is 0 Å². The zero-order valence-corrected chi connectivity index (χ0v) is 10.9. The minimum Gasteiger partial charge on any atom is -0.508 e. The second-order valence-corrected chi connectivity index (χ2v) is 4.82. The molecular formula is C13H11N3O2S. The molecule has 6 heteroatoms. The molecule has 5 nitrogen and oxygen atoms in total. The topological polar surface area (TPSA) is 67.3 Å². The van der Waals surface area contributed by atoms with Gasteiger partial charge in [-0.3, -0.25) is 0 Å². The van der Waals surface area contributed by atoms with Gasteiger partial charge in [-0.2, -0.15) is 0 Å². The summed E-state index contributed by atoms with van der Waals surface area (Å²) in [5.74, 6) is 1.44. The average Bonchev–Trinajstić information content (AvgIpc) is 2.87. The number of hydrogen-bond acceptors (Lipinski definition) is 6. The van der Waals surface area contributed by atoms with E-state index < -0.39 is 0 Å². The van der Waals surface area contributed by atoms with Gasteiger partial charge in [-0.15, -0.1) is 11.3 Å². The van der Waals surface area contributed by atoms with Crippen LogP contribution in [0.2, 0.25) is 0 Å². The molecule has 0 radical (unpaired) electrons. The SMILES string of the molecule is COc1cc(O)cc(Nc2ncnc3ccsc23)c1. The van der Waals surface area contributed by atoms with E-state index in [0.717, 1.165) is 10.2 Å². The maximum absolute atomic E-state index is 9.63. The molecule has 0 saturated heterocycles. The minimum absolute atomic E-state index is 0.137. The maximum atomic E-state index is 9.63. The summed E-state index contributed by atoms with van der Waals surface area (Å²) >= 11 is 1.57. The van der Waals surface area contributed by atoms with Gasteiger partial charge in [0.15, 0.2) is 5.82 Å². The predicted octanol–water partition coefficient (Wildman–Crippen LogP) is 3.15. The molecule has 0 aliphatic carbocycles. The number of phenolic OH excluding ortho intramolecular Hbond substituents is 1. The Morgan fingerprint density at radius 2 is 2.16 bits per heavy atom. The molecule has 0 spiro atoms. The van der Waals surface area contributed by atoms with Crippen LogP contribution in [0, 0.1) is 0 Å². The highest BCUT2D eigenvalue weighted by molar-refractivity contribution is 7.17. The monoisotopic (exact) mass is 273 g/mol. The quantitative estimate of drug-likeness (QED) is 0.767. The lowest BCUT2D eigenvalue weighted by molar-refractivity contribution is 0.408. The van der Waals surface area contributed by atoms with Crippen LogP contribution < -0.4 is 10.1 Å². The van der Waals surface area contributed by atoms with Crippen LogP contribution in [0.3, 0.4) is 0 Å². The first-order valence-electron chi connectivity index (χ1n) is 5.59. The number of ether oxygens (including phenoxy) is 1. The van der Waals surface area contributed by atoms with E-state index in [1.165, 1.54) is 6.33 Å². The lowest BCUT2D eigenvalue weighted by Gasteiger charge is -2.08. The number of thiophene rings is 1. The number of fused-ring (bicyclic) bond motifs is 1. The number of hydrogen-bond donors (Lipinski definition) is 2. The van der Waals surface area contributed by atoms with Crippen LogP contribution in [0.1, 0.15) is 0 Å². The van der Waals surface area contributed by atoms with Crippen LogP contribution in [-0.2, 0) is 0 Å². The third kappa shape index (κ3) is 2.30. The normalized spacial score (nSPS) is 10.6. The summed E-state index contributed by atoms with van der Waals surface area (Å²) in [6.07, 6.45) is 1.51. The minimum atomic E-state index is 0.137. The summed E-state index contributed by atoms with van der Waals surface area (Å²) in [4.78, 5) is 8.41. The number of anilines is 2. The number of nitrogens with zero attached hydrogens (tertiary/aromatic N) is 2. The van der Waals surface area contributed by atoms with Crippen molar-refractivity contribution in [3.63, 3.8) is 0 Å². The Morgan fingerprint density at radius 1 is 1.26 bits per heavy atom. The molecular weight excluding hydrogens is 262 g/mol. The smallest absolute Gasteiger partial charge is 0.151 e. The fourth-order valence-electron chi connectivity index (χ4n) is 1.79. The highest BCUT2D eigenvalue weighted by atomic mass is 32.1.